The zero-order chi connectivity index (χ0) is 39.5. The predicted molar refractivity (Wildman–Crippen MR) is 196 cm³/mol. The van der Waals surface area contributed by atoms with E-state index in [1.807, 2.05) is 60.9 Å². The van der Waals surface area contributed by atoms with Crippen molar-refractivity contribution < 1.29 is 48.0 Å². The van der Waals surface area contributed by atoms with Crippen LogP contribution in [0.15, 0.2) is 60.9 Å². The standard InChI is InChI=1S/C19H24N4O5.C15H20N4O2.C4H4O3/c24-17(8-9-18(25)26)20-11-14-4-6-16(7-5-14)23-12-15(21-22-23)13-28-19-3-1-2-10-27-19;16-9-12-4-6-14(7-5-12)19-10-13(17-18-19)11-21-15-3-1-2-8-20-15;5-3-1-2-4(6)7-3/h4-7,12,19H,1-3,8-11,13H2,(H,20,24)(H,25,26);4-7,10,15H,1-3,8-9,11,16H2;1-2H2. The number of carboxylic acids is 1. The van der Waals surface area contributed by atoms with Crippen molar-refractivity contribution >= 4 is 23.8 Å². The molecule has 3 aliphatic heterocycles. The van der Waals surface area contributed by atoms with Crippen LogP contribution in [0.3, 0.4) is 0 Å². The van der Waals surface area contributed by atoms with Gasteiger partial charge in [0, 0.05) is 32.7 Å². The predicted octanol–water partition coefficient (Wildman–Crippen LogP) is 3.41. The molecule has 2 aromatic carbocycles. The molecular formula is C38H48N8O10. The lowest BCUT2D eigenvalue weighted by molar-refractivity contribution is -0.169. The van der Waals surface area contributed by atoms with Crippen molar-refractivity contribution in [1.82, 2.24) is 35.3 Å². The Morgan fingerprint density at radius 3 is 1.66 bits per heavy atom. The fourth-order valence-corrected chi connectivity index (χ4v) is 5.52. The molecule has 4 aromatic rings. The summed E-state index contributed by atoms with van der Waals surface area (Å²) in [4.78, 5) is 42.1. The van der Waals surface area contributed by atoms with Crippen LogP contribution < -0.4 is 11.1 Å². The van der Waals surface area contributed by atoms with Gasteiger partial charge in [0.1, 0.15) is 11.4 Å². The lowest BCUT2D eigenvalue weighted by atomic mass is 10.2. The quantitative estimate of drug-likeness (QED) is 0.123. The average Bonchev–Trinajstić information content (AvgIpc) is 4.01. The Kier molecular flexibility index (Phi) is 16.6. The summed E-state index contributed by atoms with van der Waals surface area (Å²) >= 11 is 0. The fourth-order valence-electron chi connectivity index (χ4n) is 5.52. The van der Waals surface area contributed by atoms with Gasteiger partial charge in [0.25, 0.3) is 0 Å². The van der Waals surface area contributed by atoms with Gasteiger partial charge >= 0.3 is 17.9 Å². The highest BCUT2D eigenvalue weighted by Gasteiger charge is 2.19. The molecule has 7 rings (SSSR count). The van der Waals surface area contributed by atoms with Crippen molar-refractivity contribution in [2.24, 2.45) is 5.73 Å². The number of aliphatic carboxylic acids is 1. The Balaban J connectivity index is 0.000000187. The van der Waals surface area contributed by atoms with Crippen LogP contribution in [0.4, 0.5) is 0 Å². The van der Waals surface area contributed by atoms with Crippen molar-refractivity contribution in [3.05, 3.63) is 83.4 Å². The summed E-state index contributed by atoms with van der Waals surface area (Å²) in [5, 5.41) is 27.8. The van der Waals surface area contributed by atoms with Gasteiger partial charge in [0.15, 0.2) is 12.6 Å². The van der Waals surface area contributed by atoms with E-state index in [4.69, 9.17) is 29.8 Å². The number of aromatic nitrogens is 6. The van der Waals surface area contributed by atoms with E-state index in [-0.39, 0.29) is 44.2 Å². The van der Waals surface area contributed by atoms with Gasteiger partial charge in [-0.15, -0.1) is 10.2 Å². The SMILES string of the molecule is NCc1ccc(-n2cc(COC3CCCCO3)nn2)cc1.O=C(O)CCC(=O)NCc1ccc(-n2cc(COC3CCCCO3)nn2)cc1.O=C1CCC(=O)O1. The Morgan fingerprint density at radius 2 is 1.25 bits per heavy atom. The van der Waals surface area contributed by atoms with Gasteiger partial charge in [0.2, 0.25) is 5.91 Å². The van der Waals surface area contributed by atoms with Crippen LogP contribution in [-0.4, -0.2) is 84.7 Å². The first kappa shape index (κ1) is 41.8. The summed E-state index contributed by atoms with van der Waals surface area (Å²) < 4.78 is 30.0. The molecule has 0 saturated carbocycles. The first-order valence-corrected chi connectivity index (χ1v) is 18.6. The number of benzene rings is 2. The molecule has 0 spiro atoms. The number of hydrogen-bond acceptors (Lipinski definition) is 14. The minimum absolute atomic E-state index is 0.0247. The van der Waals surface area contributed by atoms with Crippen LogP contribution in [0.25, 0.3) is 11.4 Å². The average molecular weight is 777 g/mol. The molecule has 0 aliphatic carbocycles. The number of cyclic esters (lactones) is 2. The Bertz CT molecular complexity index is 1820. The Labute approximate surface area is 323 Å². The van der Waals surface area contributed by atoms with Crippen LogP contribution >= 0.6 is 0 Å². The number of nitrogens with two attached hydrogens (primary N) is 1. The third-order valence-electron chi connectivity index (χ3n) is 8.65. The number of amides is 1. The molecule has 0 bridgehead atoms. The van der Waals surface area contributed by atoms with Crippen molar-refractivity contribution in [3.63, 3.8) is 0 Å². The zero-order valence-electron chi connectivity index (χ0n) is 31.1. The molecule has 3 aliphatic rings. The lowest BCUT2D eigenvalue weighted by Crippen LogP contribution is -2.23. The molecule has 2 aromatic heterocycles. The summed E-state index contributed by atoms with van der Waals surface area (Å²) in [6.07, 6.45) is 10.1. The highest BCUT2D eigenvalue weighted by Crippen LogP contribution is 2.17. The van der Waals surface area contributed by atoms with Gasteiger partial charge in [-0.25, -0.2) is 9.36 Å². The number of hydrogen-bond donors (Lipinski definition) is 3. The van der Waals surface area contributed by atoms with E-state index in [1.54, 1.807) is 9.36 Å². The maximum absolute atomic E-state index is 11.6. The van der Waals surface area contributed by atoms with E-state index in [0.717, 1.165) is 85.6 Å². The van der Waals surface area contributed by atoms with Crippen LogP contribution in [0.1, 0.15) is 86.7 Å². The molecule has 5 heterocycles. The minimum Gasteiger partial charge on any atom is -0.481 e. The fraction of sp³-hybridized carbons (Fsp3) is 0.474. The number of rotatable bonds is 14. The molecule has 56 heavy (non-hydrogen) atoms. The first-order valence-electron chi connectivity index (χ1n) is 18.6. The van der Waals surface area contributed by atoms with Gasteiger partial charge < -0.3 is 39.8 Å². The molecule has 18 nitrogen and oxygen atoms in total. The van der Waals surface area contributed by atoms with E-state index in [9.17, 15) is 19.2 Å². The summed E-state index contributed by atoms with van der Waals surface area (Å²) in [5.74, 6) is -2.06. The molecule has 0 radical (unpaired) electrons. The number of carbonyl (C=O) groups is 4. The van der Waals surface area contributed by atoms with Gasteiger partial charge in [-0.2, -0.15) is 0 Å². The van der Waals surface area contributed by atoms with Crippen molar-refractivity contribution in [3.8, 4) is 11.4 Å². The molecule has 2 atom stereocenters. The van der Waals surface area contributed by atoms with Crippen LogP contribution in [0, 0.1) is 0 Å². The second-order valence-corrected chi connectivity index (χ2v) is 13.1. The topological polar surface area (TPSA) is 234 Å². The number of carbonyl (C=O) groups excluding carboxylic acids is 3. The summed E-state index contributed by atoms with van der Waals surface area (Å²) in [5.41, 5.74) is 10.9. The second-order valence-electron chi connectivity index (χ2n) is 13.1. The van der Waals surface area contributed by atoms with Crippen LogP contribution in [0.5, 0.6) is 0 Å². The van der Waals surface area contributed by atoms with Crippen molar-refractivity contribution in [1.29, 1.82) is 0 Å². The molecule has 3 saturated heterocycles. The van der Waals surface area contributed by atoms with Crippen LogP contribution in [0.2, 0.25) is 0 Å². The Morgan fingerprint density at radius 1 is 0.750 bits per heavy atom. The number of nitrogens with one attached hydrogen (secondary N) is 1. The summed E-state index contributed by atoms with van der Waals surface area (Å²) in [7, 11) is 0. The highest BCUT2D eigenvalue weighted by atomic mass is 16.7. The largest absolute Gasteiger partial charge is 0.481 e. The summed E-state index contributed by atoms with van der Waals surface area (Å²) in [6.45, 7) is 3.18. The first-order chi connectivity index (χ1) is 27.2. The molecule has 3 fully saturated rings. The number of esters is 2. The van der Waals surface area contributed by atoms with E-state index in [2.05, 4.69) is 30.7 Å². The molecule has 1 amide bonds. The van der Waals surface area contributed by atoms with Gasteiger partial charge in [-0.05, 0) is 73.9 Å². The second kappa shape index (κ2) is 22.2. The smallest absolute Gasteiger partial charge is 0.314 e. The van der Waals surface area contributed by atoms with E-state index in [0.29, 0.717) is 26.3 Å². The monoisotopic (exact) mass is 776 g/mol. The molecule has 300 valence electrons. The number of nitrogens with zero attached hydrogens (tertiary/aromatic N) is 6. The number of ether oxygens (including phenoxy) is 5. The van der Waals surface area contributed by atoms with Gasteiger partial charge in [0.05, 0.1) is 56.2 Å². The van der Waals surface area contributed by atoms with Crippen LogP contribution in [-0.2, 0) is 69.2 Å². The number of carboxylic acid groups (broad SMARTS) is 1. The maximum atomic E-state index is 11.6. The maximum Gasteiger partial charge on any atom is 0.314 e. The van der Waals surface area contributed by atoms with Crippen molar-refractivity contribution in [2.45, 2.75) is 103 Å². The van der Waals surface area contributed by atoms with Crippen molar-refractivity contribution in [2.75, 3.05) is 13.2 Å². The third-order valence-corrected chi connectivity index (χ3v) is 8.65. The Hall–Kier alpha value is -5.40. The van der Waals surface area contributed by atoms with Gasteiger partial charge in [-0.3, -0.25) is 19.2 Å². The molecule has 4 N–H and O–H groups in total. The minimum atomic E-state index is -0.983. The molecule has 18 heteroatoms. The summed E-state index contributed by atoms with van der Waals surface area (Å²) in [6, 6.07) is 15.4. The third kappa shape index (κ3) is 14.3. The highest BCUT2D eigenvalue weighted by molar-refractivity contribution is 5.92. The van der Waals surface area contributed by atoms with E-state index < -0.39 is 17.9 Å². The normalized spacial score (nSPS) is 17.9. The zero-order valence-corrected chi connectivity index (χ0v) is 31.1. The lowest BCUT2D eigenvalue weighted by Gasteiger charge is -2.22. The van der Waals surface area contributed by atoms with E-state index >= 15 is 0 Å². The molecular weight excluding hydrogens is 728 g/mol. The molecule has 2 unspecified atom stereocenters. The van der Waals surface area contributed by atoms with E-state index in [1.165, 1.54) is 0 Å². The van der Waals surface area contributed by atoms with Gasteiger partial charge in [-0.1, -0.05) is 34.7 Å².